The van der Waals surface area contributed by atoms with Crippen LogP contribution in [0.15, 0.2) is 29.4 Å². The number of amides is 1. The molecule has 0 bridgehead atoms. The first-order valence-electron chi connectivity index (χ1n) is 8.70. The van der Waals surface area contributed by atoms with Crippen molar-refractivity contribution in [1.82, 2.24) is 5.48 Å². The number of nitrogens with one attached hydrogen (secondary N) is 2. The van der Waals surface area contributed by atoms with Crippen LogP contribution in [0.2, 0.25) is 0 Å². The lowest BCUT2D eigenvalue weighted by Gasteiger charge is -2.15. The molecule has 0 aliphatic rings. The third-order valence-electron chi connectivity index (χ3n) is 3.49. The molecule has 2 rings (SSSR count). The van der Waals surface area contributed by atoms with E-state index in [2.05, 4.69) is 10.5 Å². The van der Waals surface area contributed by atoms with E-state index in [1.807, 2.05) is 28.1 Å². The summed E-state index contributed by atoms with van der Waals surface area (Å²) < 4.78 is 44.2. The number of nitrogens with zero attached hydrogens (tertiary/aromatic N) is 1. The number of aliphatic hydroxyl groups excluding tert-OH is 1. The SMILES string of the molecule is CC(C)O/N=C/c1cc(C(=O)NOCCO)c(Nc2ccc(I)cc2F)c(F)c1F. The fourth-order valence-electron chi connectivity index (χ4n) is 2.19. The van der Waals surface area contributed by atoms with Gasteiger partial charge in [0.25, 0.3) is 5.91 Å². The summed E-state index contributed by atoms with van der Waals surface area (Å²) in [7, 11) is 0. The van der Waals surface area contributed by atoms with E-state index in [0.717, 1.165) is 12.3 Å². The van der Waals surface area contributed by atoms with Crippen molar-refractivity contribution >= 4 is 46.1 Å². The zero-order valence-electron chi connectivity index (χ0n) is 16.0. The first kappa shape index (κ1) is 23.9. The molecule has 11 heteroatoms. The summed E-state index contributed by atoms with van der Waals surface area (Å²) in [6.07, 6.45) is 0.618. The van der Waals surface area contributed by atoms with Crippen molar-refractivity contribution in [1.29, 1.82) is 0 Å². The Morgan fingerprint density at radius 2 is 2.00 bits per heavy atom. The van der Waals surface area contributed by atoms with Gasteiger partial charge in [0.15, 0.2) is 11.6 Å². The number of oxime groups is 1. The number of hydroxylamine groups is 1. The summed E-state index contributed by atoms with van der Waals surface area (Å²) in [6, 6.07) is 5.07. The molecule has 0 aromatic heterocycles. The van der Waals surface area contributed by atoms with Crippen molar-refractivity contribution in [2.24, 2.45) is 5.16 Å². The Labute approximate surface area is 184 Å². The predicted molar refractivity (Wildman–Crippen MR) is 113 cm³/mol. The summed E-state index contributed by atoms with van der Waals surface area (Å²) in [4.78, 5) is 22.1. The zero-order valence-corrected chi connectivity index (χ0v) is 18.2. The highest BCUT2D eigenvalue weighted by atomic mass is 127. The summed E-state index contributed by atoms with van der Waals surface area (Å²) in [5, 5.41) is 14.7. The van der Waals surface area contributed by atoms with Gasteiger partial charge in [0.2, 0.25) is 0 Å². The number of aliphatic hydroxyl groups is 1. The molecule has 162 valence electrons. The minimum absolute atomic E-state index is 0.163. The van der Waals surface area contributed by atoms with Crippen molar-refractivity contribution in [3.63, 3.8) is 0 Å². The molecule has 30 heavy (non-hydrogen) atoms. The second kappa shape index (κ2) is 11.1. The maximum Gasteiger partial charge on any atom is 0.277 e. The van der Waals surface area contributed by atoms with E-state index in [0.29, 0.717) is 3.57 Å². The van der Waals surface area contributed by atoms with Crippen molar-refractivity contribution in [2.45, 2.75) is 20.0 Å². The Morgan fingerprint density at radius 1 is 1.27 bits per heavy atom. The molecular formula is C19H19F3IN3O4. The van der Waals surface area contributed by atoms with Gasteiger partial charge in [-0.2, -0.15) is 0 Å². The van der Waals surface area contributed by atoms with Crippen molar-refractivity contribution in [3.05, 3.63) is 56.4 Å². The highest BCUT2D eigenvalue weighted by molar-refractivity contribution is 14.1. The number of halogens is 4. The Kier molecular flexibility index (Phi) is 8.87. The second-order valence-corrected chi connectivity index (χ2v) is 7.40. The number of rotatable bonds is 9. The van der Waals surface area contributed by atoms with Crippen LogP contribution in [0.4, 0.5) is 24.5 Å². The molecule has 0 fully saturated rings. The lowest BCUT2D eigenvalue weighted by atomic mass is 10.1. The van der Waals surface area contributed by atoms with Crippen molar-refractivity contribution in [2.75, 3.05) is 18.5 Å². The van der Waals surface area contributed by atoms with Crippen LogP contribution >= 0.6 is 22.6 Å². The van der Waals surface area contributed by atoms with Gasteiger partial charge in [0.1, 0.15) is 11.9 Å². The molecule has 0 atom stereocenters. The molecule has 2 aromatic rings. The van der Waals surface area contributed by atoms with Crippen LogP contribution in [0.3, 0.4) is 0 Å². The molecule has 1 amide bonds. The molecule has 7 nitrogen and oxygen atoms in total. The largest absolute Gasteiger partial charge is 0.394 e. The van der Waals surface area contributed by atoms with Crippen molar-refractivity contribution in [3.8, 4) is 0 Å². The first-order chi connectivity index (χ1) is 14.2. The number of anilines is 2. The smallest absolute Gasteiger partial charge is 0.277 e. The van der Waals surface area contributed by atoms with Crippen LogP contribution in [-0.4, -0.2) is 36.5 Å². The summed E-state index contributed by atoms with van der Waals surface area (Å²) in [5.41, 5.74) is 0.493. The second-order valence-electron chi connectivity index (χ2n) is 6.16. The average molecular weight is 537 g/mol. The highest BCUT2D eigenvalue weighted by Gasteiger charge is 2.23. The molecule has 0 saturated carbocycles. The van der Waals surface area contributed by atoms with Gasteiger partial charge in [-0.05, 0) is 60.7 Å². The molecule has 0 radical (unpaired) electrons. The molecule has 0 heterocycles. The number of hydrogen-bond acceptors (Lipinski definition) is 6. The van der Waals surface area contributed by atoms with Gasteiger partial charge in [-0.15, -0.1) is 0 Å². The highest BCUT2D eigenvalue weighted by Crippen LogP contribution is 2.30. The Bertz CT molecular complexity index is 942. The van der Waals surface area contributed by atoms with Gasteiger partial charge in [-0.3, -0.25) is 9.63 Å². The monoisotopic (exact) mass is 537 g/mol. The van der Waals surface area contributed by atoms with Crippen LogP contribution in [0.1, 0.15) is 29.8 Å². The molecule has 3 N–H and O–H groups in total. The standard InChI is InChI=1S/C19H19F3IN3O4/c1-10(2)30-24-9-11-7-13(19(28)26-29-6-5-27)18(17(22)16(11)21)25-15-4-3-12(23)8-14(15)20/h3-4,7-10,25,27H,5-6H2,1-2H3,(H,26,28)/b24-9+. The minimum Gasteiger partial charge on any atom is -0.394 e. The quantitative estimate of drug-likeness (QED) is 0.196. The maximum atomic E-state index is 14.8. The maximum absolute atomic E-state index is 14.8. The topological polar surface area (TPSA) is 92.2 Å². The van der Waals surface area contributed by atoms with Gasteiger partial charge >= 0.3 is 0 Å². The van der Waals surface area contributed by atoms with Crippen LogP contribution in [0, 0.1) is 21.0 Å². The van der Waals surface area contributed by atoms with E-state index >= 15 is 0 Å². The van der Waals surface area contributed by atoms with Crippen molar-refractivity contribution < 1.29 is 32.7 Å². The van der Waals surface area contributed by atoms with Gasteiger partial charge in [-0.1, -0.05) is 5.16 Å². The van der Waals surface area contributed by atoms with Crippen LogP contribution in [-0.2, 0) is 9.68 Å². The number of benzene rings is 2. The average Bonchev–Trinajstić information content (AvgIpc) is 2.68. The third kappa shape index (κ3) is 6.31. The van der Waals surface area contributed by atoms with Gasteiger partial charge in [-0.25, -0.2) is 18.7 Å². The van der Waals surface area contributed by atoms with Crippen LogP contribution in [0.25, 0.3) is 0 Å². The summed E-state index contributed by atoms with van der Waals surface area (Å²) in [5.74, 6) is -4.41. The molecule has 0 aliphatic carbocycles. The van der Waals surface area contributed by atoms with Gasteiger partial charge in [0, 0.05) is 9.13 Å². The summed E-state index contributed by atoms with van der Waals surface area (Å²) >= 11 is 1.89. The van der Waals surface area contributed by atoms with E-state index < -0.39 is 29.0 Å². The fraction of sp³-hybridized carbons (Fsp3) is 0.263. The minimum atomic E-state index is -1.42. The molecule has 0 saturated heterocycles. The normalized spacial score (nSPS) is 11.2. The lowest BCUT2D eigenvalue weighted by molar-refractivity contribution is 0.0168. The first-order valence-corrected chi connectivity index (χ1v) is 9.78. The van der Waals surface area contributed by atoms with Crippen LogP contribution in [0.5, 0.6) is 0 Å². The summed E-state index contributed by atoms with van der Waals surface area (Å²) in [6.45, 7) is 2.78. The zero-order chi connectivity index (χ0) is 22.3. The lowest BCUT2D eigenvalue weighted by Crippen LogP contribution is -2.26. The van der Waals surface area contributed by atoms with E-state index in [4.69, 9.17) is 14.8 Å². The van der Waals surface area contributed by atoms with Gasteiger partial charge in [0.05, 0.1) is 36.4 Å². The Morgan fingerprint density at radius 3 is 2.63 bits per heavy atom. The number of carbonyl (C=O) groups excluding carboxylic acids is 1. The fourth-order valence-corrected chi connectivity index (χ4v) is 2.65. The number of carbonyl (C=O) groups is 1. The molecule has 0 aliphatic heterocycles. The molecule has 0 unspecified atom stereocenters. The molecular weight excluding hydrogens is 518 g/mol. The van der Waals surface area contributed by atoms with Gasteiger partial charge < -0.3 is 15.3 Å². The van der Waals surface area contributed by atoms with E-state index in [1.165, 1.54) is 12.1 Å². The Balaban J connectivity index is 2.50. The molecule has 2 aromatic carbocycles. The molecule has 0 spiro atoms. The Hall–Kier alpha value is -2.38. The number of hydrogen-bond donors (Lipinski definition) is 3. The predicted octanol–water partition coefficient (Wildman–Crippen LogP) is 3.86. The van der Waals surface area contributed by atoms with E-state index in [1.54, 1.807) is 19.9 Å². The third-order valence-corrected chi connectivity index (χ3v) is 4.16. The van der Waals surface area contributed by atoms with E-state index in [9.17, 15) is 18.0 Å². The van der Waals surface area contributed by atoms with E-state index in [-0.39, 0.29) is 36.1 Å². The van der Waals surface area contributed by atoms with Crippen LogP contribution < -0.4 is 10.8 Å².